The fraction of sp³-hybridized carbons (Fsp3) is 0.583. The summed E-state index contributed by atoms with van der Waals surface area (Å²) in [5.41, 5.74) is 5.99. The third-order valence-electron chi connectivity index (χ3n) is 3.48. The maximum absolute atomic E-state index is 12.1. The minimum Gasteiger partial charge on any atom is -0.396 e. The van der Waals surface area contributed by atoms with Crippen molar-refractivity contribution in [3.8, 4) is 0 Å². The third kappa shape index (κ3) is 3.14. The van der Waals surface area contributed by atoms with Gasteiger partial charge in [-0.3, -0.25) is 4.79 Å². The Morgan fingerprint density at radius 1 is 1.29 bits per heavy atom. The van der Waals surface area contributed by atoms with Gasteiger partial charge in [-0.15, -0.1) is 11.3 Å². The SMILES string of the molecule is CNC(=O)c1sc(N2CCN(C)CC2)c(S(C)(=O)=O)c1N. The molecule has 1 aliphatic rings. The van der Waals surface area contributed by atoms with Gasteiger partial charge < -0.3 is 20.9 Å². The monoisotopic (exact) mass is 332 g/mol. The van der Waals surface area contributed by atoms with Crippen LogP contribution in [0.4, 0.5) is 10.7 Å². The largest absolute Gasteiger partial charge is 0.396 e. The summed E-state index contributed by atoms with van der Waals surface area (Å²) in [6.07, 6.45) is 1.12. The number of carbonyl (C=O) groups is 1. The van der Waals surface area contributed by atoms with E-state index < -0.39 is 9.84 Å². The van der Waals surface area contributed by atoms with E-state index in [1.54, 1.807) is 0 Å². The number of anilines is 2. The predicted octanol–water partition coefficient (Wildman–Crippen LogP) is -0.155. The summed E-state index contributed by atoms with van der Waals surface area (Å²) in [6.45, 7) is 3.12. The molecule has 0 saturated carbocycles. The highest BCUT2D eigenvalue weighted by molar-refractivity contribution is 7.91. The van der Waals surface area contributed by atoms with Gasteiger partial charge in [-0.2, -0.15) is 0 Å². The van der Waals surface area contributed by atoms with Crippen molar-refractivity contribution < 1.29 is 13.2 Å². The zero-order valence-corrected chi connectivity index (χ0v) is 14.0. The number of carbonyl (C=O) groups excluding carboxylic acids is 1. The molecule has 118 valence electrons. The Hall–Kier alpha value is -1.32. The van der Waals surface area contributed by atoms with Crippen LogP contribution in [0, 0.1) is 0 Å². The lowest BCUT2D eigenvalue weighted by molar-refractivity contribution is 0.0968. The second-order valence-corrected chi connectivity index (χ2v) is 8.07. The highest BCUT2D eigenvalue weighted by atomic mass is 32.2. The van der Waals surface area contributed by atoms with Crippen LogP contribution in [0.25, 0.3) is 0 Å². The van der Waals surface area contributed by atoms with E-state index in [4.69, 9.17) is 5.73 Å². The van der Waals surface area contributed by atoms with Crippen LogP contribution < -0.4 is 16.0 Å². The molecular weight excluding hydrogens is 312 g/mol. The van der Waals surface area contributed by atoms with Crippen molar-refractivity contribution in [2.45, 2.75) is 4.90 Å². The van der Waals surface area contributed by atoms with Crippen LogP contribution in [-0.2, 0) is 9.84 Å². The first-order valence-corrected chi connectivity index (χ1v) is 9.24. The molecule has 0 atom stereocenters. The second kappa shape index (κ2) is 5.82. The van der Waals surface area contributed by atoms with Crippen LogP contribution in [-0.4, -0.2) is 65.8 Å². The molecule has 0 aromatic carbocycles. The molecule has 1 aromatic heterocycles. The number of amides is 1. The molecule has 0 unspecified atom stereocenters. The molecule has 1 saturated heterocycles. The van der Waals surface area contributed by atoms with E-state index >= 15 is 0 Å². The van der Waals surface area contributed by atoms with E-state index in [2.05, 4.69) is 10.2 Å². The van der Waals surface area contributed by atoms with Gasteiger partial charge in [-0.25, -0.2) is 8.42 Å². The molecule has 2 rings (SSSR count). The van der Waals surface area contributed by atoms with Crippen molar-refractivity contribution in [1.82, 2.24) is 10.2 Å². The standard InChI is InChI=1S/C12H20N4O3S2/c1-14-11(17)9-8(13)10(21(3,18)19)12(20-9)16-6-4-15(2)5-7-16/h4-7,13H2,1-3H3,(H,14,17). The molecule has 7 nitrogen and oxygen atoms in total. The van der Waals surface area contributed by atoms with E-state index in [1.807, 2.05) is 11.9 Å². The van der Waals surface area contributed by atoms with Crippen LogP contribution in [0.1, 0.15) is 9.67 Å². The summed E-state index contributed by atoms with van der Waals surface area (Å²) in [4.78, 5) is 16.4. The maximum Gasteiger partial charge on any atom is 0.263 e. The lowest BCUT2D eigenvalue weighted by Gasteiger charge is -2.33. The smallest absolute Gasteiger partial charge is 0.263 e. The topological polar surface area (TPSA) is 95.7 Å². The van der Waals surface area contributed by atoms with Gasteiger partial charge in [0.1, 0.15) is 14.8 Å². The molecule has 0 bridgehead atoms. The number of rotatable bonds is 3. The number of likely N-dealkylation sites (N-methyl/N-ethyl adjacent to an activating group) is 1. The van der Waals surface area contributed by atoms with Crippen LogP contribution in [0.2, 0.25) is 0 Å². The Labute approximate surface area is 128 Å². The lowest BCUT2D eigenvalue weighted by atomic mass is 10.3. The Kier molecular flexibility index (Phi) is 4.45. The van der Waals surface area contributed by atoms with Gasteiger partial charge in [0.15, 0.2) is 9.84 Å². The number of nitrogen functional groups attached to an aromatic ring is 1. The van der Waals surface area contributed by atoms with Gasteiger partial charge in [0.25, 0.3) is 5.91 Å². The van der Waals surface area contributed by atoms with Crippen molar-refractivity contribution in [3.05, 3.63) is 4.88 Å². The second-order valence-electron chi connectivity index (χ2n) is 5.12. The Balaban J connectivity index is 2.51. The fourth-order valence-electron chi connectivity index (χ4n) is 2.27. The predicted molar refractivity (Wildman–Crippen MR) is 84.9 cm³/mol. The Bertz CT molecular complexity index is 646. The number of nitrogens with zero attached hydrogens (tertiary/aromatic N) is 2. The Morgan fingerprint density at radius 3 is 2.33 bits per heavy atom. The van der Waals surface area contributed by atoms with E-state index in [0.29, 0.717) is 18.1 Å². The minimum atomic E-state index is -3.50. The minimum absolute atomic E-state index is 0.0516. The Morgan fingerprint density at radius 2 is 1.86 bits per heavy atom. The van der Waals surface area contributed by atoms with Crippen LogP contribution in [0.15, 0.2) is 4.90 Å². The van der Waals surface area contributed by atoms with Crippen molar-refractivity contribution in [1.29, 1.82) is 0 Å². The zero-order valence-electron chi connectivity index (χ0n) is 12.3. The van der Waals surface area contributed by atoms with E-state index in [9.17, 15) is 13.2 Å². The normalized spacial score (nSPS) is 17.0. The molecule has 1 amide bonds. The third-order valence-corrected chi connectivity index (χ3v) is 6.03. The van der Waals surface area contributed by atoms with Crippen molar-refractivity contribution >= 4 is 37.8 Å². The van der Waals surface area contributed by atoms with Gasteiger partial charge in [0.2, 0.25) is 0 Å². The molecule has 2 heterocycles. The van der Waals surface area contributed by atoms with Crippen LogP contribution in [0.5, 0.6) is 0 Å². The van der Waals surface area contributed by atoms with Crippen LogP contribution >= 0.6 is 11.3 Å². The first-order chi connectivity index (χ1) is 9.75. The number of nitrogens with two attached hydrogens (primary N) is 1. The van der Waals surface area contributed by atoms with Gasteiger partial charge in [0.05, 0.1) is 5.69 Å². The van der Waals surface area contributed by atoms with Gasteiger partial charge >= 0.3 is 0 Å². The summed E-state index contributed by atoms with van der Waals surface area (Å²) in [5, 5.41) is 3.07. The molecule has 1 fully saturated rings. The summed E-state index contributed by atoms with van der Waals surface area (Å²) in [7, 11) is 0.0208. The van der Waals surface area contributed by atoms with Gasteiger partial charge in [-0.05, 0) is 7.05 Å². The van der Waals surface area contributed by atoms with Crippen molar-refractivity contribution in [2.24, 2.45) is 0 Å². The average molecular weight is 332 g/mol. The molecule has 21 heavy (non-hydrogen) atoms. The zero-order chi connectivity index (χ0) is 15.8. The number of nitrogens with one attached hydrogen (secondary N) is 1. The van der Waals surface area contributed by atoms with Gasteiger partial charge in [-0.1, -0.05) is 0 Å². The van der Waals surface area contributed by atoms with Crippen LogP contribution in [0.3, 0.4) is 0 Å². The number of hydrogen-bond donors (Lipinski definition) is 2. The van der Waals surface area contributed by atoms with Crippen molar-refractivity contribution in [2.75, 3.05) is 57.2 Å². The molecule has 9 heteroatoms. The molecule has 0 aliphatic carbocycles. The van der Waals surface area contributed by atoms with E-state index in [-0.39, 0.29) is 21.4 Å². The van der Waals surface area contributed by atoms with E-state index in [0.717, 1.165) is 30.7 Å². The molecule has 1 aliphatic heterocycles. The molecule has 3 N–H and O–H groups in total. The molecule has 0 spiro atoms. The number of piperazine rings is 1. The first kappa shape index (κ1) is 16.1. The summed E-state index contributed by atoms with van der Waals surface area (Å²) >= 11 is 1.14. The summed E-state index contributed by atoms with van der Waals surface area (Å²) < 4.78 is 24.1. The first-order valence-electron chi connectivity index (χ1n) is 6.53. The lowest BCUT2D eigenvalue weighted by Crippen LogP contribution is -2.44. The highest BCUT2D eigenvalue weighted by Gasteiger charge is 2.30. The number of thiophene rings is 1. The molecule has 0 radical (unpaired) electrons. The number of sulfone groups is 1. The summed E-state index contributed by atoms with van der Waals surface area (Å²) in [6, 6.07) is 0. The highest BCUT2D eigenvalue weighted by Crippen LogP contribution is 2.41. The van der Waals surface area contributed by atoms with Gasteiger partial charge in [0, 0.05) is 39.5 Å². The molecular formula is C12H20N4O3S2. The average Bonchev–Trinajstić information content (AvgIpc) is 2.76. The maximum atomic E-state index is 12.1. The van der Waals surface area contributed by atoms with Crippen molar-refractivity contribution in [3.63, 3.8) is 0 Å². The summed E-state index contributed by atoms with van der Waals surface area (Å²) in [5.74, 6) is -0.359. The molecule has 1 aromatic rings. The fourth-order valence-corrected chi connectivity index (χ4v) is 4.98. The quantitative estimate of drug-likeness (QED) is 0.799. The number of hydrogen-bond acceptors (Lipinski definition) is 7. The van der Waals surface area contributed by atoms with E-state index in [1.165, 1.54) is 7.05 Å².